The molecule has 1 atom stereocenters. The smallest absolute Gasteiger partial charge is 0.318 e. The number of likely N-dealkylation sites (N-methyl/N-ethyl adjacent to an activating group) is 1. The molecule has 9 heteroatoms. The van der Waals surface area contributed by atoms with E-state index in [0.29, 0.717) is 23.7 Å². The van der Waals surface area contributed by atoms with Crippen LogP contribution in [0.1, 0.15) is 26.2 Å². The van der Waals surface area contributed by atoms with Gasteiger partial charge in [-0.1, -0.05) is 13.3 Å². The van der Waals surface area contributed by atoms with Crippen LogP contribution >= 0.6 is 0 Å². The summed E-state index contributed by atoms with van der Waals surface area (Å²) in [7, 11) is -2.37. The Morgan fingerprint density at radius 1 is 1.35 bits per heavy atom. The van der Waals surface area contributed by atoms with Gasteiger partial charge < -0.3 is 5.32 Å². The third-order valence-corrected chi connectivity index (χ3v) is 5.46. The Morgan fingerprint density at radius 3 is 2.50 bits per heavy atom. The van der Waals surface area contributed by atoms with Gasteiger partial charge in [0.2, 0.25) is 0 Å². The zero-order valence-corrected chi connectivity index (χ0v) is 12.6. The predicted octanol–water partition coefficient (Wildman–Crippen LogP) is 1.19. The first-order valence-corrected chi connectivity index (χ1v) is 8.10. The van der Waals surface area contributed by atoms with Gasteiger partial charge in [-0.15, -0.1) is 0 Å². The van der Waals surface area contributed by atoms with Crippen LogP contribution in [0.25, 0.3) is 0 Å². The Bertz CT molecular complexity index is 398. The number of hydrogen-bond donors (Lipinski definition) is 1. The van der Waals surface area contributed by atoms with Crippen molar-refractivity contribution >= 4 is 10.2 Å². The van der Waals surface area contributed by atoms with Gasteiger partial charge in [-0.3, -0.25) is 0 Å². The molecule has 1 fully saturated rings. The first-order chi connectivity index (χ1) is 9.22. The fourth-order valence-electron chi connectivity index (χ4n) is 2.42. The third kappa shape index (κ3) is 4.57. The summed E-state index contributed by atoms with van der Waals surface area (Å²) in [5, 5.41) is 2.90. The number of halogens is 3. The molecule has 1 heterocycles. The predicted molar refractivity (Wildman–Crippen MR) is 70.5 cm³/mol. The van der Waals surface area contributed by atoms with Crippen molar-refractivity contribution < 1.29 is 21.6 Å². The number of rotatable bonds is 6. The maximum absolute atomic E-state index is 12.5. The van der Waals surface area contributed by atoms with E-state index in [4.69, 9.17) is 0 Å². The molecule has 1 rings (SSSR count). The number of piperidine rings is 1. The highest BCUT2D eigenvalue weighted by Crippen LogP contribution is 2.25. The van der Waals surface area contributed by atoms with Crippen molar-refractivity contribution in [2.75, 3.05) is 33.2 Å². The second kappa shape index (κ2) is 7.06. The van der Waals surface area contributed by atoms with Crippen molar-refractivity contribution in [1.82, 2.24) is 13.9 Å². The Kier molecular flexibility index (Phi) is 6.24. The van der Waals surface area contributed by atoms with Gasteiger partial charge in [0.1, 0.15) is 6.54 Å². The van der Waals surface area contributed by atoms with Crippen molar-refractivity contribution in [3.63, 3.8) is 0 Å². The normalized spacial score (nSPS) is 22.4. The first kappa shape index (κ1) is 17.7. The molecule has 5 nitrogen and oxygen atoms in total. The molecule has 120 valence electrons. The van der Waals surface area contributed by atoms with Crippen LogP contribution in [0.2, 0.25) is 0 Å². The summed E-state index contributed by atoms with van der Waals surface area (Å²) in [4.78, 5) is 0. The van der Waals surface area contributed by atoms with Gasteiger partial charge >= 0.3 is 6.18 Å². The van der Waals surface area contributed by atoms with Crippen LogP contribution in [0.5, 0.6) is 0 Å². The molecule has 0 bridgehead atoms. The Morgan fingerprint density at radius 2 is 2.00 bits per heavy atom. The van der Waals surface area contributed by atoms with E-state index in [2.05, 4.69) is 5.32 Å². The van der Waals surface area contributed by atoms with Crippen molar-refractivity contribution in [3.05, 3.63) is 0 Å². The third-order valence-electron chi connectivity index (χ3n) is 3.34. The van der Waals surface area contributed by atoms with Crippen molar-refractivity contribution in [1.29, 1.82) is 0 Å². The summed E-state index contributed by atoms with van der Waals surface area (Å²) in [6, 6.07) is -0.277. The molecule has 0 saturated carbocycles. The molecular formula is C11H22F3N3O2S. The van der Waals surface area contributed by atoms with E-state index in [1.54, 1.807) is 7.05 Å². The molecule has 20 heavy (non-hydrogen) atoms. The van der Waals surface area contributed by atoms with Crippen LogP contribution < -0.4 is 5.32 Å². The fourth-order valence-corrected chi connectivity index (χ4v) is 4.27. The van der Waals surface area contributed by atoms with Crippen molar-refractivity contribution in [2.24, 2.45) is 0 Å². The number of hydrogen-bond acceptors (Lipinski definition) is 3. The highest BCUT2D eigenvalue weighted by atomic mass is 32.2. The summed E-state index contributed by atoms with van der Waals surface area (Å²) in [5.41, 5.74) is 0. The summed E-state index contributed by atoms with van der Waals surface area (Å²) in [6.07, 6.45) is -2.28. The standard InChI is InChI=1S/C11H22F3N3O2S/c1-3-16(9-11(12,13)14)20(18,19)17-7-5-4-6-10(17)8-15-2/h10,15H,3-9H2,1-2H3. The molecule has 1 N–H and O–H groups in total. The van der Waals surface area contributed by atoms with E-state index in [9.17, 15) is 21.6 Å². The zero-order valence-electron chi connectivity index (χ0n) is 11.8. The average molecular weight is 317 g/mol. The summed E-state index contributed by atoms with van der Waals surface area (Å²) in [6.45, 7) is 0.519. The van der Waals surface area contributed by atoms with Gasteiger partial charge in [0.15, 0.2) is 0 Å². The summed E-state index contributed by atoms with van der Waals surface area (Å²) < 4.78 is 64.0. The molecule has 1 aliphatic rings. The van der Waals surface area contributed by atoms with Crippen LogP contribution in [0.15, 0.2) is 0 Å². The van der Waals surface area contributed by atoms with Crippen LogP contribution in [-0.4, -0.2) is 62.5 Å². The van der Waals surface area contributed by atoms with Crippen LogP contribution in [0.3, 0.4) is 0 Å². The topological polar surface area (TPSA) is 52.7 Å². The van der Waals surface area contributed by atoms with Crippen LogP contribution in [0, 0.1) is 0 Å². The van der Waals surface area contributed by atoms with E-state index in [0.717, 1.165) is 6.42 Å². The molecule has 0 aromatic heterocycles. The fraction of sp³-hybridized carbons (Fsp3) is 1.00. The highest BCUT2D eigenvalue weighted by Gasteiger charge is 2.40. The number of nitrogens with zero attached hydrogens (tertiary/aromatic N) is 2. The molecule has 0 spiro atoms. The minimum Gasteiger partial charge on any atom is -0.318 e. The van der Waals surface area contributed by atoms with E-state index >= 15 is 0 Å². The number of alkyl halides is 3. The van der Waals surface area contributed by atoms with E-state index in [1.165, 1.54) is 11.2 Å². The molecule has 0 aliphatic carbocycles. The number of nitrogens with one attached hydrogen (secondary N) is 1. The minimum absolute atomic E-state index is 0.190. The van der Waals surface area contributed by atoms with E-state index < -0.39 is 22.9 Å². The Hall–Kier alpha value is -0.380. The molecule has 0 radical (unpaired) electrons. The quantitative estimate of drug-likeness (QED) is 0.801. The lowest BCUT2D eigenvalue weighted by molar-refractivity contribution is -0.136. The first-order valence-electron chi connectivity index (χ1n) is 6.70. The molecule has 0 amide bonds. The van der Waals surface area contributed by atoms with Gasteiger partial charge in [0, 0.05) is 25.7 Å². The lowest BCUT2D eigenvalue weighted by Crippen LogP contribution is -2.54. The van der Waals surface area contributed by atoms with Gasteiger partial charge in [-0.25, -0.2) is 0 Å². The molecular weight excluding hydrogens is 295 g/mol. The van der Waals surface area contributed by atoms with Gasteiger partial charge in [-0.05, 0) is 19.9 Å². The Balaban J connectivity index is 2.92. The van der Waals surface area contributed by atoms with Gasteiger partial charge in [-0.2, -0.15) is 30.2 Å². The zero-order chi connectivity index (χ0) is 15.4. The average Bonchev–Trinajstić information content (AvgIpc) is 2.35. The van der Waals surface area contributed by atoms with E-state index in [1.807, 2.05) is 0 Å². The van der Waals surface area contributed by atoms with Crippen LogP contribution in [0.4, 0.5) is 13.2 Å². The maximum Gasteiger partial charge on any atom is 0.402 e. The van der Waals surface area contributed by atoms with Crippen LogP contribution in [-0.2, 0) is 10.2 Å². The molecule has 1 unspecified atom stereocenters. The second-order valence-electron chi connectivity index (χ2n) is 4.87. The minimum atomic E-state index is -4.53. The van der Waals surface area contributed by atoms with E-state index in [-0.39, 0.29) is 19.1 Å². The summed E-state index contributed by atoms with van der Waals surface area (Å²) >= 11 is 0. The summed E-state index contributed by atoms with van der Waals surface area (Å²) in [5.74, 6) is 0. The molecule has 0 aromatic carbocycles. The maximum atomic E-state index is 12.5. The second-order valence-corrected chi connectivity index (χ2v) is 6.75. The molecule has 0 aromatic rings. The van der Waals surface area contributed by atoms with Gasteiger partial charge in [0.05, 0.1) is 0 Å². The largest absolute Gasteiger partial charge is 0.402 e. The van der Waals surface area contributed by atoms with Crippen molar-refractivity contribution in [3.8, 4) is 0 Å². The lowest BCUT2D eigenvalue weighted by atomic mass is 10.1. The molecule has 1 aliphatic heterocycles. The van der Waals surface area contributed by atoms with Gasteiger partial charge in [0.25, 0.3) is 10.2 Å². The molecule has 1 saturated heterocycles. The monoisotopic (exact) mass is 317 g/mol. The SMILES string of the molecule is CCN(CC(F)(F)F)S(=O)(=O)N1CCCCC1CNC. The Labute approximate surface area is 118 Å². The van der Waals surface area contributed by atoms with Crippen molar-refractivity contribution in [2.45, 2.75) is 38.4 Å². The lowest BCUT2D eigenvalue weighted by Gasteiger charge is -2.37. The highest BCUT2D eigenvalue weighted by molar-refractivity contribution is 7.86.